The van der Waals surface area contributed by atoms with Crippen LogP contribution in [0.1, 0.15) is 107 Å². The highest BCUT2D eigenvalue weighted by molar-refractivity contribution is 5.95. The van der Waals surface area contributed by atoms with Crippen molar-refractivity contribution in [1.29, 1.82) is 0 Å². The molecular formula is C38H53N5O4. The molecule has 0 atom stereocenters. The molecule has 0 fully saturated rings. The predicted octanol–water partition coefficient (Wildman–Crippen LogP) is 6.85. The first-order valence-electron chi connectivity index (χ1n) is 16.1. The molecule has 0 radical (unpaired) electrons. The number of aryl methyl sites for hydroxylation is 2. The Morgan fingerprint density at radius 1 is 0.681 bits per heavy atom. The summed E-state index contributed by atoms with van der Waals surface area (Å²) in [5, 5.41) is 9.85. The number of nitrogens with zero attached hydrogens (tertiary/aromatic N) is 3. The van der Waals surface area contributed by atoms with Gasteiger partial charge in [-0.15, -0.1) is 0 Å². The largest absolute Gasteiger partial charge is 0.347 e. The van der Waals surface area contributed by atoms with Crippen molar-refractivity contribution in [2.75, 3.05) is 0 Å². The van der Waals surface area contributed by atoms with Crippen molar-refractivity contribution < 1.29 is 9.59 Å². The minimum Gasteiger partial charge on any atom is -0.347 e. The minimum atomic E-state index is -0.423. The Morgan fingerprint density at radius 2 is 1.13 bits per heavy atom. The molecule has 2 heterocycles. The molecule has 0 spiro atoms. The van der Waals surface area contributed by atoms with Gasteiger partial charge in [0.15, 0.2) is 0 Å². The highest BCUT2D eigenvalue weighted by atomic mass is 16.2. The van der Waals surface area contributed by atoms with Crippen LogP contribution in [0.5, 0.6) is 0 Å². The van der Waals surface area contributed by atoms with E-state index in [1.807, 2.05) is 125 Å². The third-order valence-corrected chi connectivity index (χ3v) is 5.92. The van der Waals surface area contributed by atoms with Crippen LogP contribution < -0.4 is 21.8 Å². The number of carbonyl (C=O) groups excluding carboxylic acids is 2. The second-order valence-corrected chi connectivity index (χ2v) is 12.5. The molecule has 0 aliphatic rings. The van der Waals surface area contributed by atoms with E-state index in [2.05, 4.69) is 15.7 Å². The average molecular weight is 644 g/mol. The SMILES string of the molecule is CC.CC.Cc1cc(C(=O)NC(C)(C)C)c(=O)n(-c2ccccc2)n1.Cc1cc(C(=O)NC(C)(C)C)c(=O)n(Cc2ccccc2)c1. The first kappa shape index (κ1) is 40.2. The summed E-state index contributed by atoms with van der Waals surface area (Å²) in [5.74, 6) is -0.717. The van der Waals surface area contributed by atoms with Crippen LogP contribution in [-0.2, 0) is 6.54 Å². The van der Waals surface area contributed by atoms with Gasteiger partial charge in [0, 0.05) is 17.3 Å². The number of benzene rings is 2. The van der Waals surface area contributed by atoms with Crippen molar-refractivity contribution in [3.8, 4) is 5.69 Å². The van der Waals surface area contributed by atoms with Gasteiger partial charge in [0.1, 0.15) is 11.1 Å². The highest BCUT2D eigenvalue weighted by Crippen LogP contribution is 2.08. The second kappa shape index (κ2) is 18.4. The van der Waals surface area contributed by atoms with Gasteiger partial charge in [0.2, 0.25) is 0 Å². The summed E-state index contributed by atoms with van der Waals surface area (Å²) in [6, 6.07) is 21.9. The Bertz CT molecular complexity index is 1700. The molecule has 2 aromatic heterocycles. The lowest BCUT2D eigenvalue weighted by Crippen LogP contribution is -2.43. The first-order chi connectivity index (χ1) is 22.0. The summed E-state index contributed by atoms with van der Waals surface area (Å²) in [4.78, 5) is 49.6. The number of nitrogens with one attached hydrogen (secondary N) is 2. The van der Waals surface area contributed by atoms with Crippen molar-refractivity contribution in [1.82, 2.24) is 25.0 Å². The molecular weight excluding hydrogens is 590 g/mol. The van der Waals surface area contributed by atoms with Gasteiger partial charge in [0.05, 0.1) is 17.9 Å². The fraction of sp³-hybridized carbons (Fsp3) is 0.395. The summed E-state index contributed by atoms with van der Waals surface area (Å²) < 4.78 is 2.84. The summed E-state index contributed by atoms with van der Waals surface area (Å²) in [7, 11) is 0. The van der Waals surface area contributed by atoms with E-state index in [1.54, 1.807) is 35.9 Å². The first-order valence-corrected chi connectivity index (χ1v) is 16.1. The van der Waals surface area contributed by atoms with Gasteiger partial charge in [-0.1, -0.05) is 76.2 Å². The fourth-order valence-corrected chi connectivity index (χ4v) is 4.19. The van der Waals surface area contributed by atoms with Gasteiger partial charge in [-0.25, -0.2) is 0 Å². The van der Waals surface area contributed by atoms with E-state index in [-0.39, 0.29) is 34.0 Å². The number of rotatable bonds is 5. The zero-order valence-corrected chi connectivity index (χ0v) is 30.2. The number of amides is 2. The number of pyridine rings is 1. The molecule has 0 aliphatic heterocycles. The fourth-order valence-electron chi connectivity index (χ4n) is 4.19. The number of hydrogen-bond acceptors (Lipinski definition) is 5. The van der Waals surface area contributed by atoms with Crippen LogP contribution in [0, 0.1) is 13.8 Å². The third-order valence-electron chi connectivity index (χ3n) is 5.92. The van der Waals surface area contributed by atoms with Crippen molar-refractivity contribution >= 4 is 11.8 Å². The zero-order chi connectivity index (χ0) is 35.9. The van der Waals surface area contributed by atoms with E-state index in [9.17, 15) is 19.2 Å². The molecule has 4 aromatic rings. The zero-order valence-electron chi connectivity index (χ0n) is 30.2. The Balaban J connectivity index is 0.000000425. The molecule has 0 bridgehead atoms. The van der Waals surface area contributed by atoms with E-state index < -0.39 is 11.1 Å². The van der Waals surface area contributed by atoms with E-state index in [1.165, 1.54) is 10.7 Å². The minimum absolute atomic E-state index is 0.0984. The van der Waals surface area contributed by atoms with Gasteiger partial charge >= 0.3 is 0 Å². The maximum Gasteiger partial charge on any atom is 0.284 e. The van der Waals surface area contributed by atoms with Crippen molar-refractivity contribution in [2.24, 2.45) is 0 Å². The highest BCUT2D eigenvalue weighted by Gasteiger charge is 2.21. The van der Waals surface area contributed by atoms with Crippen LogP contribution >= 0.6 is 0 Å². The van der Waals surface area contributed by atoms with Gasteiger partial charge in [-0.2, -0.15) is 9.78 Å². The van der Waals surface area contributed by atoms with Crippen molar-refractivity contribution in [3.63, 3.8) is 0 Å². The Hall–Kier alpha value is -4.79. The van der Waals surface area contributed by atoms with Gasteiger partial charge in [0.25, 0.3) is 22.9 Å². The summed E-state index contributed by atoms with van der Waals surface area (Å²) in [5.41, 5.74) is 1.97. The summed E-state index contributed by atoms with van der Waals surface area (Å²) >= 11 is 0. The normalized spacial score (nSPS) is 10.6. The molecule has 2 aromatic carbocycles. The summed E-state index contributed by atoms with van der Waals surface area (Å²) in [6.07, 6.45) is 1.78. The van der Waals surface area contributed by atoms with E-state index in [0.29, 0.717) is 17.9 Å². The molecule has 0 unspecified atom stereocenters. The average Bonchev–Trinajstić information content (AvgIpc) is 3.01. The van der Waals surface area contributed by atoms with Gasteiger partial charge in [-0.3, -0.25) is 19.2 Å². The molecule has 2 N–H and O–H groups in total. The van der Waals surface area contributed by atoms with Crippen LogP contribution in [0.4, 0.5) is 0 Å². The topological polar surface area (TPSA) is 115 Å². The van der Waals surface area contributed by atoms with Gasteiger partial charge < -0.3 is 15.2 Å². The van der Waals surface area contributed by atoms with Crippen molar-refractivity contribution in [3.05, 3.63) is 128 Å². The van der Waals surface area contributed by atoms with Crippen LogP contribution in [0.25, 0.3) is 5.69 Å². The maximum atomic E-state index is 12.6. The number of carbonyl (C=O) groups is 2. The Morgan fingerprint density at radius 3 is 1.60 bits per heavy atom. The lowest BCUT2D eigenvalue weighted by Gasteiger charge is -2.20. The number of aromatic nitrogens is 3. The molecule has 47 heavy (non-hydrogen) atoms. The van der Waals surface area contributed by atoms with Crippen LogP contribution in [0.3, 0.4) is 0 Å². The molecule has 4 rings (SSSR count). The lowest BCUT2D eigenvalue weighted by molar-refractivity contribution is 0.0907. The molecule has 0 saturated heterocycles. The van der Waals surface area contributed by atoms with Crippen molar-refractivity contribution in [2.45, 2.75) is 101 Å². The van der Waals surface area contributed by atoms with Crippen LogP contribution in [-0.4, -0.2) is 37.2 Å². The molecule has 0 aliphatic carbocycles. The predicted molar refractivity (Wildman–Crippen MR) is 193 cm³/mol. The van der Waals surface area contributed by atoms with E-state index in [4.69, 9.17) is 0 Å². The second-order valence-electron chi connectivity index (χ2n) is 12.5. The Kier molecular flexibility index (Phi) is 15.7. The van der Waals surface area contributed by atoms with E-state index in [0.717, 1.165) is 11.1 Å². The molecule has 9 nitrogen and oxygen atoms in total. The monoisotopic (exact) mass is 643 g/mol. The Labute approximate surface area is 280 Å². The molecule has 2 amide bonds. The van der Waals surface area contributed by atoms with Crippen LogP contribution in [0.2, 0.25) is 0 Å². The summed E-state index contributed by atoms with van der Waals surface area (Å²) in [6.45, 7) is 23.4. The van der Waals surface area contributed by atoms with E-state index >= 15 is 0 Å². The number of para-hydroxylation sites is 1. The quantitative estimate of drug-likeness (QED) is 0.247. The molecule has 9 heteroatoms. The maximum absolute atomic E-state index is 12.6. The van der Waals surface area contributed by atoms with Crippen LogP contribution in [0.15, 0.2) is 88.6 Å². The number of hydrogen-bond donors (Lipinski definition) is 2. The lowest BCUT2D eigenvalue weighted by atomic mass is 10.1. The molecule has 0 saturated carbocycles. The smallest absolute Gasteiger partial charge is 0.284 e. The third kappa shape index (κ3) is 13.2. The standard InChI is InChI=1S/C18H22N2O2.C16H19N3O2.2C2H6/c1-13-10-15(16(21)19-18(2,3)4)17(22)20(11-13)12-14-8-6-5-7-9-14;1-11-10-13(14(20)17-16(2,3)4)15(21)19(18-11)12-8-6-5-7-9-12;2*1-2/h5-11H,12H2,1-4H3,(H,19,21);5-10H,1-4H3,(H,17,20);2*1-2H3. The van der Waals surface area contributed by atoms with Gasteiger partial charge in [-0.05, 0) is 90.8 Å². The molecule has 254 valence electrons.